The molecule has 1 amide bonds. The molecule has 1 aliphatic heterocycles. The Balaban J connectivity index is 1.32. The number of carbonyl (C=O) groups is 1. The van der Waals surface area contributed by atoms with E-state index in [1.54, 1.807) is 4.68 Å². The maximum Gasteiger partial charge on any atom is 0.234 e. The molecule has 2 heterocycles. The molecule has 8 heteroatoms. The number of aryl methyl sites for hydroxylation is 2. The summed E-state index contributed by atoms with van der Waals surface area (Å²) in [5, 5.41) is 15.5. The summed E-state index contributed by atoms with van der Waals surface area (Å²) in [7, 11) is 0. The number of anilines is 1. The summed E-state index contributed by atoms with van der Waals surface area (Å²) in [6.07, 6.45) is 2.58. The van der Waals surface area contributed by atoms with Crippen LogP contribution in [0.3, 0.4) is 0 Å². The number of thioether (sulfide) groups is 1. The van der Waals surface area contributed by atoms with Crippen molar-refractivity contribution in [2.75, 3.05) is 24.2 Å². The second-order valence-corrected chi connectivity index (χ2v) is 8.68. The second kappa shape index (κ2) is 9.40. The maximum absolute atomic E-state index is 12.4. The van der Waals surface area contributed by atoms with E-state index in [0.717, 1.165) is 29.0 Å². The van der Waals surface area contributed by atoms with Gasteiger partial charge in [-0.25, -0.2) is 0 Å². The molecular weight excluding hydrogens is 396 g/mol. The van der Waals surface area contributed by atoms with Crippen LogP contribution in [0.1, 0.15) is 29.5 Å². The molecule has 1 fully saturated rings. The minimum Gasteiger partial charge on any atom is -0.325 e. The van der Waals surface area contributed by atoms with Crippen LogP contribution >= 0.6 is 11.8 Å². The van der Waals surface area contributed by atoms with Crippen LogP contribution in [-0.2, 0) is 11.3 Å². The molecule has 0 radical (unpaired) electrons. The molecule has 1 aromatic heterocycles. The molecule has 156 valence electrons. The highest BCUT2D eigenvalue weighted by molar-refractivity contribution is 7.99. The number of rotatable bonds is 7. The van der Waals surface area contributed by atoms with Gasteiger partial charge in [-0.05, 0) is 91.2 Å². The molecule has 1 saturated heterocycles. The van der Waals surface area contributed by atoms with Gasteiger partial charge in [0.15, 0.2) is 0 Å². The van der Waals surface area contributed by atoms with Crippen molar-refractivity contribution in [1.29, 1.82) is 0 Å². The van der Waals surface area contributed by atoms with Crippen LogP contribution < -0.4 is 5.32 Å². The molecule has 0 aliphatic carbocycles. The molecule has 30 heavy (non-hydrogen) atoms. The summed E-state index contributed by atoms with van der Waals surface area (Å²) in [6, 6.07) is 14.3. The standard InChI is InChI=1S/C22H26N6OS/c1-16-11-17(2)13-20(12-16)28-22(24-25-26-28)30-15-21(29)23-19-7-5-18(6-8-19)14-27-9-3-4-10-27/h5-8,11-13H,3-4,9-10,14-15H2,1-2H3,(H,23,29). The third kappa shape index (κ3) is 5.25. The van der Waals surface area contributed by atoms with E-state index in [2.05, 4.69) is 43.9 Å². The van der Waals surface area contributed by atoms with E-state index in [1.165, 1.54) is 43.3 Å². The number of likely N-dealkylation sites (tertiary alicyclic amines) is 1. The predicted molar refractivity (Wildman–Crippen MR) is 119 cm³/mol. The SMILES string of the molecule is Cc1cc(C)cc(-n2nnnc2SCC(=O)Nc2ccc(CN3CCCC3)cc2)c1. The fraction of sp³-hybridized carbons (Fsp3) is 0.364. The summed E-state index contributed by atoms with van der Waals surface area (Å²) < 4.78 is 1.67. The Bertz CT molecular complexity index is 990. The Morgan fingerprint density at radius 2 is 1.77 bits per heavy atom. The minimum absolute atomic E-state index is 0.0812. The van der Waals surface area contributed by atoms with Crippen LogP contribution in [-0.4, -0.2) is 49.9 Å². The molecule has 0 saturated carbocycles. The highest BCUT2D eigenvalue weighted by atomic mass is 32.2. The average Bonchev–Trinajstić information content (AvgIpc) is 3.39. The lowest BCUT2D eigenvalue weighted by Crippen LogP contribution is -2.18. The molecule has 2 aromatic carbocycles. The maximum atomic E-state index is 12.4. The third-order valence-electron chi connectivity index (χ3n) is 5.07. The van der Waals surface area contributed by atoms with Gasteiger partial charge in [0, 0.05) is 12.2 Å². The highest BCUT2D eigenvalue weighted by Gasteiger charge is 2.13. The number of benzene rings is 2. The number of carbonyl (C=O) groups excluding carboxylic acids is 1. The number of nitrogens with zero attached hydrogens (tertiary/aromatic N) is 5. The lowest BCUT2D eigenvalue weighted by Gasteiger charge is -2.14. The number of aromatic nitrogens is 4. The Hall–Kier alpha value is -2.71. The van der Waals surface area contributed by atoms with E-state index in [0.29, 0.717) is 5.16 Å². The van der Waals surface area contributed by atoms with Gasteiger partial charge in [-0.15, -0.1) is 5.10 Å². The summed E-state index contributed by atoms with van der Waals surface area (Å²) in [4.78, 5) is 14.9. The molecule has 7 nitrogen and oxygen atoms in total. The second-order valence-electron chi connectivity index (χ2n) is 7.74. The van der Waals surface area contributed by atoms with E-state index in [4.69, 9.17) is 0 Å². The van der Waals surface area contributed by atoms with Crippen LogP contribution in [0.4, 0.5) is 5.69 Å². The first-order valence-corrected chi connectivity index (χ1v) is 11.2. The number of hydrogen-bond acceptors (Lipinski definition) is 6. The van der Waals surface area contributed by atoms with Crippen LogP contribution in [0.25, 0.3) is 5.69 Å². The van der Waals surface area contributed by atoms with Crippen molar-refractivity contribution in [1.82, 2.24) is 25.1 Å². The molecule has 1 aliphatic rings. The van der Waals surface area contributed by atoms with Crippen LogP contribution in [0.5, 0.6) is 0 Å². The summed E-state index contributed by atoms with van der Waals surface area (Å²) in [5.41, 5.74) is 5.26. The molecule has 1 N–H and O–H groups in total. The number of nitrogens with one attached hydrogen (secondary N) is 1. The lowest BCUT2D eigenvalue weighted by atomic mass is 10.1. The van der Waals surface area contributed by atoms with Gasteiger partial charge in [0.2, 0.25) is 11.1 Å². The fourth-order valence-corrected chi connectivity index (χ4v) is 4.41. The monoisotopic (exact) mass is 422 g/mol. The van der Waals surface area contributed by atoms with Gasteiger partial charge in [-0.3, -0.25) is 9.69 Å². The largest absolute Gasteiger partial charge is 0.325 e. The van der Waals surface area contributed by atoms with Crippen LogP contribution in [0, 0.1) is 13.8 Å². The van der Waals surface area contributed by atoms with E-state index in [9.17, 15) is 4.79 Å². The predicted octanol–water partition coefficient (Wildman–Crippen LogP) is 3.61. The zero-order valence-electron chi connectivity index (χ0n) is 17.3. The molecule has 3 aromatic rings. The van der Waals surface area contributed by atoms with Gasteiger partial charge in [0.25, 0.3) is 0 Å². The zero-order valence-corrected chi connectivity index (χ0v) is 18.2. The fourth-order valence-electron chi connectivity index (χ4n) is 3.72. The summed E-state index contributed by atoms with van der Waals surface area (Å²) >= 11 is 1.32. The molecule has 0 spiro atoms. The van der Waals surface area contributed by atoms with Gasteiger partial charge >= 0.3 is 0 Å². The first kappa shape index (κ1) is 20.6. The summed E-state index contributed by atoms with van der Waals surface area (Å²) in [5.74, 6) is 0.156. The number of hydrogen-bond donors (Lipinski definition) is 1. The van der Waals surface area contributed by atoms with E-state index in [1.807, 2.05) is 38.1 Å². The molecule has 0 unspecified atom stereocenters. The highest BCUT2D eigenvalue weighted by Crippen LogP contribution is 2.21. The normalized spacial score (nSPS) is 14.2. The van der Waals surface area contributed by atoms with Gasteiger partial charge in [-0.1, -0.05) is 30.0 Å². The van der Waals surface area contributed by atoms with Gasteiger partial charge in [-0.2, -0.15) is 4.68 Å². The number of amides is 1. The molecular formula is C22H26N6OS. The van der Waals surface area contributed by atoms with Crippen molar-refractivity contribution >= 4 is 23.4 Å². The first-order chi connectivity index (χ1) is 14.6. The molecule has 0 bridgehead atoms. The van der Waals surface area contributed by atoms with Gasteiger partial charge < -0.3 is 5.32 Å². The van der Waals surface area contributed by atoms with Gasteiger partial charge in [0.1, 0.15) is 0 Å². The zero-order chi connectivity index (χ0) is 20.9. The summed E-state index contributed by atoms with van der Waals surface area (Å²) in [6.45, 7) is 7.41. The van der Waals surface area contributed by atoms with Crippen molar-refractivity contribution in [2.45, 2.75) is 38.4 Å². The van der Waals surface area contributed by atoms with Crippen molar-refractivity contribution in [3.8, 4) is 5.69 Å². The topological polar surface area (TPSA) is 75.9 Å². The Morgan fingerprint density at radius 3 is 2.47 bits per heavy atom. The Kier molecular flexibility index (Phi) is 6.44. The Morgan fingerprint density at radius 1 is 1.07 bits per heavy atom. The smallest absolute Gasteiger partial charge is 0.234 e. The first-order valence-electron chi connectivity index (χ1n) is 10.2. The van der Waals surface area contributed by atoms with Crippen molar-refractivity contribution in [2.24, 2.45) is 0 Å². The third-order valence-corrected chi connectivity index (χ3v) is 5.99. The van der Waals surface area contributed by atoms with Crippen LogP contribution in [0.15, 0.2) is 47.6 Å². The van der Waals surface area contributed by atoms with Crippen molar-refractivity contribution < 1.29 is 4.79 Å². The van der Waals surface area contributed by atoms with Crippen molar-refractivity contribution in [3.05, 3.63) is 59.2 Å². The molecule has 4 rings (SSSR count). The van der Waals surface area contributed by atoms with E-state index >= 15 is 0 Å². The minimum atomic E-state index is -0.0812. The van der Waals surface area contributed by atoms with E-state index < -0.39 is 0 Å². The number of tetrazole rings is 1. The quantitative estimate of drug-likeness (QED) is 0.586. The average molecular weight is 423 g/mol. The van der Waals surface area contributed by atoms with Gasteiger partial charge in [0.05, 0.1) is 11.4 Å². The van der Waals surface area contributed by atoms with Crippen LogP contribution in [0.2, 0.25) is 0 Å². The van der Waals surface area contributed by atoms with E-state index in [-0.39, 0.29) is 11.7 Å². The Labute approximate surface area is 180 Å². The molecule has 0 atom stereocenters. The lowest BCUT2D eigenvalue weighted by molar-refractivity contribution is -0.113. The van der Waals surface area contributed by atoms with Crippen molar-refractivity contribution in [3.63, 3.8) is 0 Å².